The van der Waals surface area contributed by atoms with Gasteiger partial charge in [0.25, 0.3) is 0 Å². The molecule has 2 aromatic carbocycles. The molecule has 188 valence electrons. The smallest absolute Gasteiger partial charge is 0.192 e. The van der Waals surface area contributed by atoms with Gasteiger partial charge in [-0.1, -0.05) is 62.2 Å². The van der Waals surface area contributed by atoms with E-state index in [9.17, 15) is 10.4 Å². The van der Waals surface area contributed by atoms with E-state index in [-0.39, 0.29) is 0 Å². The number of hydrogen-bond donors (Lipinski definition) is 1. The Hall–Kier alpha value is -3.40. The summed E-state index contributed by atoms with van der Waals surface area (Å²) < 4.78 is 12.1. The van der Waals surface area contributed by atoms with Crippen LogP contribution < -0.4 is 9.47 Å². The first kappa shape index (κ1) is 25.7. The molecule has 0 amide bonds. The molecule has 6 nitrogen and oxygen atoms in total. The summed E-state index contributed by atoms with van der Waals surface area (Å²) in [5.41, 5.74) is 0.143. The van der Waals surface area contributed by atoms with Crippen molar-refractivity contribution in [2.75, 3.05) is 27.2 Å². The van der Waals surface area contributed by atoms with Crippen LogP contribution in [-0.4, -0.2) is 42.2 Å². The Morgan fingerprint density at radius 1 is 1.03 bits per heavy atom. The number of fused-ring (bicyclic) bond motifs is 1. The van der Waals surface area contributed by atoms with Crippen LogP contribution in [0.5, 0.6) is 11.5 Å². The molecule has 1 fully saturated rings. The molecular weight excluding hydrogens is 450 g/mol. The number of piperidine rings is 1. The van der Waals surface area contributed by atoms with E-state index in [1.807, 2.05) is 49.4 Å². The first-order valence-electron chi connectivity index (χ1n) is 12.7. The summed E-state index contributed by atoms with van der Waals surface area (Å²) in [4.78, 5) is 6.62. The average molecular weight is 486 g/mol. The van der Waals surface area contributed by atoms with Gasteiger partial charge in [-0.3, -0.25) is 4.98 Å². The van der Waals surface area contributed by atoms with Crippen LogP contribution in [0, 0.1) is 11.3 Å². The molecule has 2 unspecified atom stereocenters. The van der Waals surface area contributed by atoms with E-state index >= 15 is 0 Å². The van der Waals surface area contributed by atoms with Crippen LogP contribution >= 0.6 is 0 Å². The van der Waals surface area contributed by atoms with Crippen molar-refractivity contribution in [3.8, 4) is 17.6 Å². The van der Waals surface area contributed by atoms with E-state index in [1.54, 1.807) is 31.6 Å². The van der Waals surface area contributed by atoms with Crippen LogP contribution in [0.3, 0.4) is 0 Å². The van der Waals surface area contributed by atoms with Crippen LogP contribution in [0.25, 0.3) is 0 Å². The van der Waals surface area contributed by atoms with Crippen LogP contribution in [-0.2, 0) is 11.2 Å². The molecule has 0 radical (unpaired) electrons. The molecule has 1 saturated heterocycles. The molecule has 5 rings (SSSR count). The number of nitriles is 1. The number of hydrogen-bond acceptors (Lipinski definition) is 6. The summed E-state index contributed by atoms with van der Waals surface area (Å²) in [5, 5.41) is 21.5. The third kappa shape index (κ3) is 4.57. The molecule has 2 atom stereocenters. The lowest BCUT2D eigenvalue weighted by molar-refractivity contribution is -0.103. The molecule has 0 spiro atoms. The predicted octanol–water partition coefficient (Wildman–Crippen LogP) is 5.39. The van der Waals surface area contributed by atoms with E-state index in [2.05, 4.69) is 23.0 Å². The molecule has 2 aliphatic rings. The van der Waals surface area contributed by atoms with Gasteiger partial charge in [-0.2, -0.15) is 5.26 Å². The van der Waals surface area contributed by atoms with Gasteiger partial charge in [0, 0.05) is 11.1 Å². The summed E-state index contributed by atoms with van der Waals surface area (Å²) in [6.45, 7) is 4.66. The van der Waals surface area contributed by atoms with Gasteiger partial charge >= 0.3 is 0 Å². The van der Waals surface area contributed by atoms with Crippen molar-refractivity contribution in [3.63, 3.8) is 0 Å². The highest BCUT2D eigenvalue weighted by atomic mass is 16.5. The van der Waals surface area contributed by atoms with E-state index in [4.69, 9.17) is 9.47 Å². The fraction of sp³-hybridized carbons (Fsp3) is 0.400. The summed E-state index contributed by atoms with van der Waals surface area (Å²) in [6, 6.07) is 19.0. The zero-order valence-corrected chi connectivity index (χ0v) is 21.4. The number of pyridine rings is 1. The van der Waals surface area contributed by atoms with Gasteiger partial charge in [-0.05, 0) is 51.5 Å². The monoisotopic (exact) mass is 485 g/mol. The number of aliphatic hydroxyl groups is 1. The summed E-state index contributed by atoms with van der Waals surface area (Å²) in [7, 11) is 3.76. The van der Waals surface area contributed by atoms with Gasteiger partial charge in [0.05, 0.1) is 36.7 Å². The minimum atomic E-state index is -1.39. The van der Waals surface area contributed by atoms with Crippen LogP contribution in [0.1, 0.15) is 61.3 Å². The van der Waals surface area contributed by atoms with Gasteiger partial charge in [0.2, 0.25) is 0 Å². The maximum absolute atomic E-state index is 12.3. The van der Waals surface area contributed by atoms with Gasteiger partial charge in [0.15, 0.2) is 5.60 Å². The van der Waals surface area contributed by atoms with Gasteiger partial charge in [0.1, 0.15) is 17.1 Å². The van der Waals surface area contributed by atoms with Crippen molar-refractivity contribution in [1.29, 1.82) is 5.26 Å². The second kappa shape index (κ2) is 11.1. The Bertz CT molecular complexity index is 1190. The lowest BCUT2D eigenvalue weighted by Gasteiger charge is -2.42. The number of benzene rings is 2. The van der Waals surface area contributed by atoms with E-state index in [0.29, 0.717) is 29.0 Å². The SMILES string of the molecule is CCCC1(O)c2c(OC)cncc2OC1(c1ccccc1)c1ccc(C#N)cc1.CN1CCCCC1. The first-order chi connectivity index (χ1) is 17.5. The third-order valence-electron chi connectivity index (χ3n) is 7.15. The highest BCUT2D eigenvalue weighted by Gasteiger charge is 2.62. The Morgan fingerprint density at radius 3 is 2.25 bits per heavy atom. The molecule has 0 saturated carbocycles. The van der Waals surface area contributed by atoms with Crippen molar-refractivity contribution >= 4 is 0 Å². The number of aromatic nitrogens is 1. The number of nitrogens with zero attached hydrogens (tertiary/aromatic N) is 3. The molecule has 36 heavy (non-hydrogen) atoms. The Labute approximate surface area is 214 Å². The van der Waals surface area contributed by atoms with Crippen molar-refractivity contribution in [3.05, 3.63) is 89.2 Å². The Morgan fingerprint density at radius 2 is 1.69 bits per heavy atom. The maximum atomic E-state index is 12.3. The Kier molecular flexibility index (Phi) is 7.93. The van der Waals surface area contributed by atoms with E-state index in [1.165, 1.54) is 32.4 Å². The van der Waals surface area contributed by atoms with Gasteiger partial charge in [-0.25, -0.2) is 0 Å². The fourth-order valence-electron chi connectivity index (χ4n) is 5.42. The zero-order chi connectivity index (χ0) is 25.6. The summed E-state index contributed by atoms with van der Waals surface area (Å²) in [6.07, 6.45) is 8.68. The fourth-order valence-corrected chi connectivity index (χ4v) is 5.42. The summed E-state index contributed by atoms with van der Waals surface area (Å²) >= 11 is 0. The lowest BCUT2D eigenvalue weighted by atomic mass is 9.69. The van der Waals surface area contributed by atoms with Gasteiger partial charge in [-0.15, -0.1) is 0 Å². The van der Waals surface area contributed by atoms with Crippen molar-refractivity contribution in [2.24, 2.45) is 0 Å². The van der Waals surface area contributed by atoms with Crippen LogP contribution in [0.15, 0.2) is 67.0 Å². The number of methoxy groups -OCH3 is 1. The molecule has 0 bridgehead atoms. The van der Waals surface area contributed by atoms with E-state index in [0.717, 1.165) is 17.5 Å². The number of rotatable bonds is 5. The number of likely N-dealkylation sites (tertiary alicyclic amines) is 1. The standard InChI is InChI=1S/C24H22N2O3.C6H13N/c1-3-13-23(27)22-20(28-2)15-26-16-21(22)29-24(23,18-7-5-4-6-8-18)19-11-9-17(14-25)10-12-19;1-7-5-3-2-4-6-7/h4-12,15-16,27H,3,13H2,1-2H3;2-6H2,1H3. The predicted molar refractivity (Wildman–Crippen MR) is 140 cm³/mol. The average Bonchev–Trinajstić information content (AvgIpc) is 3.19. The van der Waals surface area contributed by atoms with Crippen LogP contribution in [0.2, 0.25) is 0 Å². The number of ether oxygens (including phenoxy) is 2. The molecule has 0 aliphatic carbocycles. The molecule has 1 aromatic heterocycles. The molecular formula is C30H35N3O3. The third-order valence-corrected chi connectivity index (χ3v) is 7.15. The molecule has 2 aliphatic heterocycles. The largest absolute Gasteiger partial charge is 0.495 e. The maximum Gasteiger partial charge on any atom is 0.192 e. The van der Waals surface area contributed by atoms with E-state index < -0.39 is 11.2 Å². The second-order valence-corrected chi connectivity index (χ2v) is 9.53. The topological polar surface area (TPSA) is 78.6 Å². The minimum Gasteiger partial charge on any atom is -0.495 e. The zero-order valence-electron chi connectivity index (χ0n) is 21.4. The van der Waals surface area contributed by atoms with Crippen LogP contribution in [0.4, 0.5) is 0 Å². The van der Waals surface area contributed by atoms with Crippen molar-refractivity contribution in [1.82, 2.24) is 9.88 Å². The van der Waals surface area contributed by atoms with Gasteiger partial charge < -0.3 is 19.5 Å². The normalized spacial score (nSPS) is 23.0. The molecule has 6 heteroatoms. The van der Waals surface area contributed by atoms with Crippen molar-refractivity contribution < 1.29 is 14.6 Å². The quantitative estimate of drug-likeness (QED) is 0.522. The lowest BCUT2D eigenvalue weighted by Crippen LogP contribution is -2.50. The molecule has 1 N–H and O–H groups in total. The summed E-state index contributed by atoms with van der Waals surface area (Å²) in [5.74, 6) is 0.985. The van der Waals surface area contributed by atoms with Crippen molar-refractivity contribution in [2.45, 2.75) is 50.2 Å². The minimum absolute atomic E-state index is 0.454. The Balaban J connectivity index is 0.000000375. The second-order valence-electron chi connectivity index (χ2n) is 9.53. The first-order valence-corrected chi connectivity index (χ1v) is 12.7. The highest BCUT2D eigenvalue weighted by Crippen LogP contribution is 2.60. The molecule has 3 aromatic rings. The molecule has 3 heterocycles. The highest BCUT2D eigenvalue weighted by molar-refractivity contribution is 5.58.